The first kappa shape index (κ1) is 21.9. The van der Waals surface area contributed by atoms with E-state index >= 15 is 0 Å². The molecule has 1 aliphatic heterocycles. The summed E-state index contributed by atoms with van der Waals surface area (Å²) in [6.07, 6.45) is 2.28. The van der Waals surface area contributed by atoms with Crippen molar-refractivity contribution in [3.63, 3.8) is 0 Å². The lowest BCUT2D eigenvalue weighted by molar-refractivity contribution is -0.156. The van der Waals surface area contributed by atoms with E-state index in [4.69, 9.17) is 9.47 Å². The Bertz CT molecular complexity index is 816. The van der Waals surface area contributed by atoms with Gasteiger partial charge < -0.3 is 14.4 Å². The molecule has 1 aliphatic rings. The maximum absolute atomic E-state index is 12.6. The molecule has 1 fully saturated rings. The van der Waals surface area contributed by atoms with Crippen LogP contribution in [0.4, 0.5) is 0 Å². The molecule has 0 saturated carbocycles. The molecule has 0 spiro atoms. The van der Waals surface area contributed by atoms with Crippen LogP contribution in [-0.2, 0) is 24.2 Å². The van der Waals surface area contributed by atoms with Crippen LogP contribution in [0.1, 0.15) is 32.8 Å². The van der Waals surface area contributed by atoms with Crippen molar-refractivity contribution in [1.29, 1.82) is 0 Å². The Morgan fingerprint density at radius 3 is 2.46 bits per heavy atom. The molecule has 0 radical (unpaired) electrons. The number of benzene rings is 1. The molecule has 7 nitrogen and oxygen atoms in total. The van der Waals surface area contributed by atoms with Gasteiger partial charge in [0.2, 0.25) is 0 Å². The smallest absolute Gasteiger partial charge is 0.331 e. The van der Waals surface area contributed by atoms with Crippen molar-refractivity contribution in [3.8, 4) is 5.75 Å². The normalized spacial score (nSPS) is 19.3. The number of carbonyl (C=O) groups excluding carboxylic acids is 2. The largest absolute Gasteiger partial charge is 0.494 e. The molecular formula is C20H27NO6S. The van der Waals surface area contributed by atoms with Crippen LogP contribution in [0, 0.1) is 0 Å². The third-order valence-corrected chi connectivity index (χ3v) is 6.27. The zero-order valence-electron chi connectivity index (χ0n) is 16.5. The summed E-state index contributed by atoms with van der Waals surface area (Å²) in [6.45, 7) is 6.12. The fourth-order valence-corrected chi connectivity index (χ4v) is 4.85. The molecule has 1 aromatic rings. The van der Waals surface area contributed by atoms with E-state index in [0.717, 1.165) is 11.3 Å². The summed E-state index contributed by atoms with van der Waals surface area (Å²) in [5.74, 6) is -0.224. The fraction of sp³-hybridized carbons (Fsp3) is 0.500. The molecule has 1 heterocycles. The molecular weight excluding hydrogens is 382 g/mol. The van der Waals surface area contributed by atoms with Crippen LogP contribution in [0.2, 0.25) is 0 Å². The molecule has 0 bridgehead atoms. The Hall–Kier alpha value is -2.35. The van der Waals surface area contributed by atoms with Crippen LogP contribution in [-0.4, -0.2) is 62.0 Å². The van der Waals surface area contributed by atoms with Gasteiger partial charge in [-0.05, 0) is 51.0 Å². The van der Waals surface area contributed by atoms with Gasteiger partial charge in [0.25, 0.3) is 5.91 Å². The van der Waals surface area contributed by atoms with Crippen molar-refractivity contribution in [2.24, 2.45) is 0 Å². The molecule has 1 amide bonds. The van der Waals surface area contributed by atoms with Crippen LogP contribution in [0.15, 0.2) is 30.3 Å². The number of hydrogen-bond donors (Lipinski definition) is 0. The van der Waals surface area contributed by atoms with Crippen molar-refractivity contribution < 1.29 is 27.5 Å². The van der Waals surface area contributed by atoms with Gasteiger partial charge in [0.15, 0.2) is 15.9 Å². The van der Waals surface area contributed by atoms with Gasteiger partial charge in [-0.2, -0.15) is 0 Å². The molecule has 0 N–H and O–H groups in total. The molecule has 2 atom stereocenters. The highest BCUT2D eigenvalue weighted by Crippen LogP contribution is 2.19. The van der Waals surface area contributed by atoms with E-state index in [2.05, 4.69) is 0 Å². The van der Waals surface area contributed by atoms with E-state index < -0.39 is 21.9 Å². The SMILES string of the molecule is CCOc1ccc(/C=C/C(=O)O[C@@H](C)C(=O)N(CC)[C@H]2CCS(=O)(=O)C2)cc1. The number of nitrogens with zero attached hydrogens (tertiary/aromatic N) is 1. The van der Waals surface area contributed by atoms with Crippen molar-refractivity contribution >= 4 is 27.8 Å². The summed E-state index contributed by atoms with van der Waals surface area (Å²) in [4.78, 5) is 26.1. The minimum absolute atomic E-state index is 0.0368. The summed E-state index contributed by atoms with van der Waals surface area (Å²) < 4.78 is 33.9. The van der Waals surface area contributed by atoms with Crippen molar-refractivity contribution in [2.75, 3.05) is 24.7 Å². The van der Waals surface area contributed by atoms with Gasteiger partial charge in [0, 0.05) is 18.7 Å². The molecule has 0 aliphatic carbocycles. The summed E-state index contributed by atoms with van der Waals surface area (Å²) in [5, 5.41) is 0. The monoisotopic (exact) mass is 409 g/mol. The molecule has 0 aromatic heterocycles. The Morgan fingerprint density at radius 2 is 1.93 bits per heavy atom. The van der Waals surface area contributed by atoms with E-state index in [9.17, 15) is 18.0 Å². The lowest BCUT2D eigenvalue weighted by Crippen LogP contribution is -2.46. The number of likely N-dealkylation sites (N-methyl/N-ethyl adjacent to an activating group) is 1. The molecule has 1 aromatic carbocycles. The van der Waals surface area contributed by atoms with Crippen molar-refractivity contribution in [3.05, 3.63) is 35.9 Å². The van der Waals surface area contributed by atoms with Gasteiger partial charge in [-0.15, -0.1) is 0 Å². The Labute approximate surface area is 166 Å². The van der Waals surface area contributed by atoms with Crippen molar-refractivity contribution in [1.82, 2.24) is 4.90 Å². The number of ether oxygens (including phenoxy) is 2. The number of sulfone groups is 1. The second-order valence-electron chi connectivity index (χ2n) is 6.60. The molecule has 0 unspecified atom stereocenters. The Kier molecular flexibility index (Phi) is 7.62. The molecule has 154 valence electrons. The predicted octanol–water partition coefficient (Wildman–Crippen LogP) is 2.07. The number of esters is 1. The standard InChI is InChI=1S/C20H27NO6S/c1-4-21(17-12-13-28(24,25)14-17)20(23)15(3)27-19(22)11-8-16-6-9-18(10-7-16)26-5-2/h6-11,15,17H,4-5,12-14H2,1-3H3/b11-8+/t15-,17-/m0/s1. The quantitative estimate of drug-likeness (QED) is 0.482. The zero-order chi connectivity index (χ0) is 20.7. The number of rotatable bonds is 8. The van der Waals surface area contributed by atoms with Crippen LogP contribution in [0.5, 0.6) is 5.75 Å². The van der Waals surface area contributed by atoms with E-state index in [0.29, 0.717) is 19.6 Å². The first-order valence-electron chi connectivity index (χ1n) is 9.38. The lowest BCUT2D eigenvalue weighted by atomic mass is 10.2. The summed E-state index contributed by atoms with van der Waals surface area (Å²) >= 11 is 0. The summed E-state index contributed by atoms with van der Waals surface area (Å²) in [6, 6.07) is 6.86. The second kappa shape index (κ2) is 9.73. The minimum atomic E-state index is -3.10. The Balaban J connectivity index is 1.92. The van der Waals surface area contributed by atoms with Crippen molar-refractivity contribution in [2.45, 2.75) is 39.3 Å². The number of hydrogen-bond acceptors (Lipinski definition) is 6. The summed E-state index contributed by atoms with van der Waals surface area (Å²) in [5.41, 5.74) is 0.797. The van der Waals surface area contributed by atoms with E-state index in [1.165, 1.54) is 17.9 Å². The maximum atomic E-state index is 12.6. The highest BCUT2D eigenvalue weighted by atomic mass is 32.2. The minimum Gasteiger partial charge on any atom is -0.494 e. The van der Waals surface area contributed by atoms with Gasteiger partial charge in [-0.1, -0.05) is 12.1 Å². The maximum Gasteiger partial charge on any atom is 0.331 e. The second-order valence-corrected chi connectivity index (χ2v) is 8.82. The third-order valence-electron chi connectivity index (χ3n) is 4.52. The van der Waals surface area contributed by atoms with E-state index in [1.807, 2.05) is 19.1 Å². The predicted molar refractivity (Wildman–Crippen MR) is 107 cm³/mol. The number of amides is 1. The Morgan fingerprint density at radius 1 is 1.25 bits per heavy atom. The van der Waals surface area contributed by atoms with Crippen LogP contribution in [0.25, 0.3) is 6.08 Å². The van der Waals surface area contributed by atoms with Gasteiger partial charge >= 0.3 is 5.97 Å². The van der Waals surface area contributed by atoms with Gasteiger partial charge in [-0.3, -0.25) is 4.79 Å². The van der Waals surface area contributed by atoms with E-state index in [-0.39, 0.29) is 23.5 Å². The molecule has 2 rings (SSSR count). The highest BCUT2D eigenvalue weighted by molar-refractivity contribution is 7.91. The topological polar surface area (TPSA) is 90.0 Å². The van der Waals surface area contributed by atoms with Crippen LogP contribution < -0.4 is 4.74 Å². The van der Waals surface area contributed by atoms with Crippen LogP contribution in [0.3, 0.4) is 0 Å². The summed E-state index contributed by atoms with van der Waals surface area (Å²) in [7, 11) is -3.10. The zero-order valence-corrected chi connectivity index (χ0v) is 17.3. The average Bonchev–Trinajstić information content (AvgIpc) is 3.01. The first-order chi connectivity index (χ1) is 13.3. The molecule has 8 heteroatoms. The first-order valence-corrected chi connectivity index (χ1v) is 11.2. The van der Waals surface area contributed by atoms with Crippen LogP contribution >= 0.6 is 0 Å². The van der Waals surface area contributed by atoms with E-state index in [1.54, 1.807) is 25.1 Å². The average molecular weight is 410 g/mol. The lowest BCUT2D eigenvalue weighted by Gasteiger charge is -2.29. The molecule has 28 heavy (non-hydrogen) atoms. The molecule has 1 saturated heterocycles. The highest BCUT2D eigenvalue weighted by Gasteiger charge is 2.36. The van der Waals surface area contributed by atoms with Gasteiger partial charge in [0.1, 0.15) is 5.75 Å². The van der Waals surface area contributed by atoms with Gasteiger partial charge in [-0.25, -0.2) is 13.2 Å². The number of carbonyl (C=O) groups is 2. The fourth-order valence-electron chi connectivity index (χ4n) is 3.12. The third kappa shape index (κ3) is 6.09. The van der Waals surface area contributed by atoms with Gasteiger partial charge in [0.05, 0.1) is 18.1 Å².